The Morgan fingerprint density at radius 1 is 1.62 bits per heavy atom. The van der Waals surface area contributed by atoms with Crippen LogP contribution in [0.25, 0.3) is 0 Å². The lowest BCUT2D eigenvalue weighted by Gasteiger charge is -2.14. The van der Waals surface area contributed by atoms with Crippen molar-refractivity contribution < 1.29 is 9.53 Å². The van der Waals surface area contributed by atoms with Crippen LogP contribution in [0.3, 0.4) is 0 Å². The molecule has 0 radical (unpaired) electrons. The molecule has 1 fully saturated rings. The highest BCUT2D eigenvalue weighted by molar-refractivity contribution is 5.89. The largest absolute Gasteiger partial charge is 0.379 e. The highest BCUT2D eigenvalue weighted by Gasteiger charge is 2.21. The number of amides is 1. The molecule has 1 amide bonds. The second kappa shape index (κ2) is 5.02. The maximum absolute atomic E-state index is 11.6. The van der Waals surface area contributed by atoms with Crippen LogP contribution >= 0.6 is 0 Å². The molecule has 0 saturated heterocycles. The molecular weight excluding hydrogens is 210 g/mol. The van der Waals surface area contributed by atoms with E-state index in [0.29, 0.717) is 13.2 Å². The van der Waals surface area contributed by atoms with Gasteiger partial charge in [-0.2, -0.15) is 5.21 Å². The van der Waals surface area contributed by atoms with E-state index in [0.717, 1.165) is 12.5 Å². The van der Waals surface area contributed by atoms with Crippen molar-refractivity contribution in [3.8, 4) is 0 Å². The minimum Gasteiger partial charge on any atom is -0.379 e. The van der Waals surface area contributed by atoms with Crippen molar-refractivity contribution in [2.75, 3.05) is 26.8 Å². The summed E-state index contributed by atoms with van der Waals surface area (Å²) < 4.78 is 5.44. The number of H-pyrrole nitrogens is 1. The smallest absolute Gasteiger partial charge is 0.295 e. The number of carbonyl (C=O) groups excluding carboxylic acids is 1. The molecular formula is C9H15N5O2. The van der Waals surface area contributed by atoms with E-state index >= 15 is 0 Å². The zero-order chi connectivity index (χ0) is 11.4. The predicted molar refractivity (Wildman–Crippen MR) is 54.7 cm³/mol. The Labute approximate surface area is 93.2 Å². The summed E-state index contributed by atoms with van der Waals surface area (Å²) in [6, 6.07) is 0. The summed E-state index contributed by atoms with van der Waals surface area (Å²) >= 11 is 0. The first-order chi connectivity index (χ1) is 7.77. The number of carbonyl (C=O) groups is 1. The van der Waals surface area contributed by atoms with Gasteiger partial charge >= 0.3 is 0 Å². The second-order valence-electron chi connectivity index (χ2n) is 3.98. The lowest BCUT2D eigenvalue weighted by molar-refractivity contribution is 0.0670. The van der Waals surface area contributed by atoms with Crippen molar-refractivity contribution in [1.82, 2.24) is 25.5 Å². The van der Waals surface area contributed by atoms with Crippen LogP contribution in [0.5, 0.6) is 0 Å². The number of likely N-dealkylation sites (N-methyl/N-ethyl adjacent to an activating group) is 1. The fourth-order valence-corrected chi connectivity index (χ4v) is 1.26. The maximum atomic E-state index is 11.6. The number of aromatic amines is 1. The van der Waals surface area contributed by atoms with Crippen LogP contribution in [-0.2, 0) is 4.74 Å². The summed E-state index contributed by atoms with van der Waals surface area (Å²) in [7, 11) is 1.69. The number of hydrogen-bond donors (Lipinski definition) is 1. The number of tetrazole rings is 1. The van der Waals surface area contributed by atoms with Gasteiger partial charge in [0.2, 0.25) is 0 Å². The molecule has 16 heavy (non-hydrogen) atoms. The Morgan fingerprint density at radius 3 is 3.06 bits per heavy atom. The molecule has 0 aliphatic heterocycles. The molecule has 0 spiro atoms. The first-order valence-corrected chi connectivity index (χ1v) is 5.34. The van der Waals surface area contributed by atoms with Gasteiger partial charge in [-0.15, -0.1) is 10.2 Å². The molecule has 1 aromatic rings. The summed E-state index contributed by atoms with van der Waals surface area (Å²) in [6.07, 6.45) is 2.55. The topological polar surface area (TPSA) is 84.0 Å². The molecule has 0 atom stereocenters. The van der Waals surface area contributed by atoms with E-state index in [-0.39, 0.29) is 11.7 Å². The van der Waals surface area contributed by atoms with Gasteiger partial charge in [-0.1, -0.05) is 0 Å². The summed E-state index contributed by atoms with van der Waals surface area (Å²) in [5, 5.41) is 12.8. The highest BCUT2D eigenvalue weighted by Crippen LogP contribution is 2.28. The van der Waals surface area contributed by atoms with Crippen molar-refractivity contribution in [3.05, 3.63) is 5.82 Å². The number of nitrogens with one attached hydrogen (secondary N) is 1. The number of rotatable bonds is 6. The molecule has 7 heteroatoms. The second-order valence-corrected chi connectivity index (χ2v) is 3.98. The Kier molecular flexibility index (Phi) is 3.45. The van der Waals surface area contributed by atoms with Gasteiger partial charge in [-0.05, 0) is 24.0 Å². The van der Waals surface area contributed by atoms with Gasteiger partial charge in [0.25, 0.3) is 11.7 Å². The molecule has 1 aromatic heterocycles. The van der Waals surface area contributed by atoms with E-state index in [1.807, 2.05) is 0 Å². The normalized spacial score (nSPS) is 15.1. The van der Waals surface area contributed by atoms with E-state index in [4.69, 9.17) is 4.74 Å². The molecule has 1 heterocycles. The van der Waals surface area contributed by atoms with Crippen molar-refractivity contribution in [2.24, 2.45) is 5.92 Å². The van der Waals surface area contributed by atoms with Crippen LogP contribution in [0, 0.1) is 5.92 Å². The Bertz CT molecular complexity index is 336. The van der Waals surface area contributed by atoms with E-state index in [1.54, 1.807) is 7.05 Å². The van der Waals surface area contributed by atoms with Crippen molar-refractivity contribution in [2.45, 2.75) is 12.8 Å². The zero-order valence-electron chi connectivity index (χ0n) is 9.22. The van der Waals surface area contributed by atoms with Gasteiger partial charge in [0.1, 0.15) is 0 Å². The monoisotopic (exact) mass is 225 g/mol. The molecule has 2 rings (SSSR count). The van der Waals surface area contributed by atoms with Gasteiger partial charge in [0, 0.05) is 20.2 Å². The Morgan fingerprint density at radius 2 is 2.44 bits per heavy atom. The summed E-state index contributed by atoms with van der Waals surface area (Å²) in [4.78, 5) is 13.2. The van der Waals surface area contributed by atoms with E-state index in [9.17, 15) is 4.79 Å². The molecule has 7 nitrogen and oxygen atoms in total. The van der Waals surface area contributed by atoms with Crippen molar-refractivity contribution in [3.63, 3.8) is 0 Å². The molecule has 0 unspecified atom stereocenters. The summed E-state index contributed by atoms with van der Waals surface area (Å²) in [5.74, 6) is 0.590. The minimum atomic E-state index is -0.247. The quantitative estimate of drug-likeness (QED) is 0.672. The van der Waals surface area contributed by atoms with Crippen molar-refractivity contribution in [1.29, 1.82) is 0 Å². The minimum absolute atomic E-state index is 0.0877. The molecule has 1 aliphatic rings. The zero-order valence-corrected chi connectivity index (χ0v) is 9.22. The molecule has 1 N–H and O–H groups in total. The fraction of sp³-hybridized carbons (Fsp3) is 0.778. The third kappa shape index (κ3) is 2.99. The van der Waals surface area contributed by atoms with Gasteiger partial charge in [0.05, 0.1) is 6.61 Å². The SMILES string of the molecule is CN(CCOCC1CC1)C(=O)c1nn[nH]n1. The third-order valence-electron chi connectivity index (χ3n) is 2.50. The van der Waals surface area contributed by atoms with Crippen molar-refractivity contribution >= 4 is 5.91 Å². The summed E-state index contributed by atoms with van der Waals surface area (Å²) in [5.41, 5.74) is 0. The predicted octanol–water partition coefficient (Wildman–Crippen LogP) is -0.302. The molecule has 1 saturated carbocycles. The number of aromatic nitrogens is 4. The molecule has 0 bridgehead atoms. The first kappa shape index (κ1) is 11.0. The average molecular weight is 225 g/mol. The van der Waals surface area contributed by atoms with Gasteiger partial charge in [-0.25, -0.2) is 0 Å². The lowest BCUT2D eigenvalue weighted by Crippen LogP contribution is -2.31. The first-order valence-electron chi connectivity index (χ1n) is 5.34. The lowest BCUT2D eigenvalue weighted by atomic mass is 10.4. The van der Waals surface area contributed by atoms with Crippen LogP contribution in [0.4, 0.5) is 0 Å². The van der Waals surface area contributed by atoms with Crippen LogP contribution in [0.15, 0.2) is 0 Å². The van der Waals surface area contributed by atoms with Crippen LogP contribution in [0.1, 0.15) is 23.5 Å². The summed E-state index contributed by atoms with van der Waals surface area (Å²) in [6.45, 7) is 1.90. The fourth-order valence-electron chi connectivity index (χ4n) is 1.26. The van der Waals surface area contributed by atoms with E-state index in [2.05, 4.69) is 20.6 Å². The van der Waals surface area contributed by atoms with E-state index in [1.165, 1.54) is 17.7 Å². The molecule has 1 aliphatic carbocycles. The van der Waals surface area contributed by atoms with Crippen LogP contribution < -0.4 is 0 Å². The van der Waals surface area contributed by atoms with Gasteiger partial charge in [-0.3, -0.25) is 4.79 Å². The number of nitrogens with zero attached hydrogens (tertiary/aromatic N) is 4. The maximum Gasteiger partial charge on any atom is 0.295 e. The molecule has 0 aromatic carbocycles. The Balaban J connectivity index is 1.66. The van der Waals surface area contributed by atoms with Gasteiger partial charge < -0.3 is 9.64 Å². The van der Waals surface area contributed by atoms with Gasteiger partial charge in [0.15, 0.2) is 0 Å². The highest BCUT2D eigenvalue weighted by atomic mass is 16.5. The Hall–Kier alpha value is -1.50. The number of hydrogen-bond acceptors (Lipinski definition) is 5. The standard InChI is InChI=1S/C9H15N5O2/c1-14(4-5-16-6-7-2-3-7)9(15)8-10-12-13-11-8/h7H,2-6H2,1H3,(H,10,11,12,13). The number of ether oxygens (including phenoxy) is 1. The molecule has 88 valence electrons. The van der Waals surface area contributed by atoms with Crippen LogP contribution in [0.2, 0.25) is 0 Å². The third-order valence-corrected chi connectivity index (χ3v) is 2.50. The average Bonchev–Trinajstić information content (AvgIpc) is 2.95. The van der Waals surface area contributed by atoms with E-state index < -0.39 is 0 Å². The van der Waals surface area contributed by atoms with Crippen LogP contribution in [-0.4, -0.2) is 58.2 Å².